The summed E-state index contributed by atoms with van der Waals surface area (Å²) < 4.78 is 32.5. The van der Waals surface area contributed by atoms with Gasteiger partial charge in [-0.3, -0.25) is 19.2 Å². The van der Waals surface area contributed by atoms with Crippen LogP contribution in [0.4, 0.5) is 14.5 Å². The average molecular weight is 688 g/mol. The Hall–Kier alpha value is -5.56. The van der Waals surface area contributed by atoms with Crippen molar-refractivity contribution in [1.82, 2.24) is 10.6 Å². The number of halogens is 2. The van der Waals surface area contributed by atoms with Gasteiger partial charge in [-0.25, -0.2) is 13.6 Å². The van der Waals surface area contributed by atoms with Crippen LogP contribution >= 0.6 is 11.8 Å². The van der Waals surface area contributed by atoms with Crippen molar-refractivity contribution >= 4 is 46.9 Å². The number of amides is 3. The molecule has 0 spiro atoms. The molecule has 1 saturated heterocycles. The molecule has 1 aliphatic rings. The summed E-state index contributed by atoms with van der Waals surface area (Å²) in [5.41, 5.74) is 2.24. The zero-order chi connectivity index (χ0) is 34.9. The van der Waals surface area contributed by atoms with E-state index in [1.807, 2.05) is 0 Å². The number of carbonyl (C=O) groups is 5. The maximum absolute atomic E-state index is 13.6. The first-order chi connectivity index (χ1) is 23.6. The number of hydrogen-bond donors (Lipinski definition) is 3. The van der Waals surface area contributed by atoms with Crippen LogP contribution in [0.2, 0.25) is 0 Å². The Morgan fingerprint density at radius 2 is 1.47 bits per heavy atom. The molecular formula is C36H31F2N3O7S. The Kier molecular flexibility index (Phi) is 11.4. The normalized spacial score (nSPS) is 15.9. The highest BCUT2D eigenvalue weighted by Gasteiger charge is 2.49. The van der Waals surface area contributed by atoms with Gasteiger partial charge in [-0.2, -0.15) is 0 Å². The van der Waals surface area contributed by atoms with E-state index >= 15 is 0 Å². The molecule has 252 valence electrons. The number of benzene rings is 4. The van der Waals surface area contributed by atoms with Gasteiger partial charge >= 0.3 is 5.97 Å². The summed E-state index contributed by atoms with van der Waals surface area (Å²) in [4.78, 5) is 63.8. The number of anilines is 1. The van der Waals surface area contributed by atoms with Crippen LogP contribution in [0.15, 0.2) is 103 Å². The highest BCUT2D eigenvalue weighted by molar-refractivity contribution is 8.01. The van der Waals surface area contributed by atoms with Gasteiger partial charge in [0.2, 0.25) is 11.8 Å². The lowest BCUT2D eigenvalue weighted by atomic mass is 9.92. The first-order valence-corrected chi connectivity index (χ1v) is 16.2. The lowest BCUT2D eigenvalue weighted by molar-refractivity contribution is -0.141. The van der Waals surface area contributed by atoms with Crippen molar-refractivity contribution in [2.24, 2.45) is 0 Å². The maximum Gasteiger partial charge on any atom is 0.326 e. The molecule has 0 aromatic heterocycles. The highest BCUT2D eigenvalue weighted by atomic mass is 32.2. The lowest BCUT2D eigenvalue weighted by Crippen LogP contribution is -2.57. The third-order valence-corrected chi connectivity index (χ3v) is 8.91. The van der Waals surface area contributed by atoms with Crippen molar-refractivity contribution in [3.05, 3.63) is 131 Å². The number of thioether (sulfide) groups is 1. The van der Waals surface area contributed by atoms with E-state index in [1.54, 1.807) is 54.6 Å². The predicted octanol–water partition coefficient (Wildman–Crippen LogP) is 4.34. The number of β-lactam (4-membered cyclic amide) rings is 1. The summed E-state index contributed by atoms with van der Waals surface area (Å²) in [5.74, 6) is -3.62. The largest absolute Gasteiger partial charge is 0.484 e. The Morgan fingerprint density at radius 1 is 0.837 bits per heavy atom. The number of rotatable bonds is 15. The molecule has 13 heteroatoms. The van der Waals surface area contributed by atoms with Gasteiger partial charge in [-0.05, 0) is 71.8 Å². The Balaban J connectivity index is 1.16. The summed E-state index contributed by atoms with van der Waals surface area (Å²) in [6.07, 6.45) is 0.0825. The molecule has 0 saturated carbocycles. The van der Waals surface area contributed by atoms with Crippen LogP contribution in [-0.4, -0.2) is 64.8 Å². The van der Waals surface area contributed by atoms with Gasteiger partial charge in [0.1, 0.15) is 28.7 Å². The third-order valence-electron chi connectivity index (χ3n) is 7.66. The van der Waals surface area contributed by atoms with Gasteiger partial charge < -0.3 is 25.4 Å². The topological polar surface area (TPSA) is 142 Å². The molecule has 5 rings (SSSR count). The average Bonchev–Trinajstić information content (AvgIpc) is 3.10. The number of Topliss-reactive ketones (excluding diaryl/α,β-unsaturated/α-hetero) is 1. The van der Waals surface area contributed by atoms with Gasteiger partial charge in [-0.1, -0.05) is 42.5 Å². The molecule has 1 fully saturated rings. The fraction of sp³-hybridized carbons (Fsp3) is 0.194. The van der Waals surface area contributed by atoms with Gasteiger partial charge in [0.05, 0.1) is 18.3 Å². The molecule has 4 aromatic rings. The van der Waals surface area contributed by atoms with E-state index in [4.69, 9.17) is 4.74 Å². The Bertz CT molecular complexity index is 1810. The van der Waals surface area contributed by atoms with Crippen molar-refractivity contribution in [2.75, 3.05) is 23.8 Å². The molecule has 1 heterocycles. The van der Waals surface area contributed by atoms with Crippen LogP contribution in [0.25, 0.3) is 0 Å². The van der Waals surface area contributed by atoms with Crippen LogP contribution in [-0.2, 0) is 25.6 Å². The van der Waals surface area contributed by atoms with Crippen molar-refractivity contribution in [2.45, 2.75) is 23.8 Å². The molecule has 0 aliphatic carbocycles. The minimum atomic E-state index is -1.20. The molecule has 1 aliphatic heterocycles. The second-order valence-corrected chi connectivity index (χ2v) is 12.2. The molecule has 3 atom stereocenters. The van der Waals surface area contributed by atoms with E-state index in [0.29, 0.717) is 22.6 Å². The molecule has 0 radical (unpaired) electrons. The minimum absolute atomic E-state index is 0.0197. The first-order valence-electron chi connectivity index (χ1n) is 15.1. The third kappa shape index (κ3) is 9.08. The van der Waals surface area contributed by atoms with Crippen LogP contribution in [0.3, 0.4) is 0 Å². The van der Waals surface area contributed by atoms with E-state index in [2.05, 4.69) is 10.6 Å². The Morgan fingerprint density at radius 3 is 2.10 bits per heavy atom. The number of hydrogen-bond acceptors (Lipinski definition) is 7. The second-order valence-electron chi connectivity index (χ2n) is 11.1. The molecule has 49 heavy (non-hydrogen) atoms. The summed E-state index contributed by atoms with van der Waals surface area (Å²) in [5, 5.41) is 13.6. The smallest absolute Gasteiger partial charge is 0.326 e. The zero-order valence-corrected chi connectivity index (χ0v) is 26.7. The van der Waals surface area contributed by atoms with Crippen LogP contribution in [0.1, 0.15) is 27.5 Å². The first kappa shape index (κ1) is 34.8. The number of carboxylic acids is 1. The van der Waals surface area contributed by atoms with E-state index in [9.17, 15) is 37.9 Å². The van der Waals surface area contributed by atoms with Crippen molar-refractivity contribution in [1.29, 1.82) is 0 Å². The van der Waals surface area contributed by atoms with E-state index < -0.39 is 59.9 Å². The minimum Gasteiger partial charge on any atom is -0.484 e. The predicted molar refractivity (Wildman–Crippen MR) is 178 cm³/mol. The molecule has 3 N–H and O–H groups in total. The standard InChI is InChI=1S/C36H31F2N3O7S/c37-25-10-6-23(7-11-25)30(42)21-49-34-33(41(35(34)45)27-14-12-26(38)13-15-27)24-8-16-28(17-9-24)48-20-32(44)39-19-31(43)40-29(36(46)47)18-22-4-2-1-3-5-22/h1-17,29,33-34H,18-21H2,(H,39,44)(H,40,43)(H,46,47)/t29-,33-,34-/m1/s1. The number of nitrogens with one attached hydrogen (secondary N) is 2. The number of nitrogens with zero attached hydrogens (tertiary/aromatic N) is 1. The highest BCUT2D eigenvalue weighted by Crippen LogP contribution is 2.45. The monoisotopic (exact) mass is 687 g/mol. The van der Waals surface area contributed by atoms with Gasteiger partial charge in [0.25, 0.3) is 5.91 Å². The van der Waals surface area contributed by atoms with Crippen LogP contribution in [0.5, 0.6) is 5.75 Å². The molecule has 0 bridgehead atoms. The van der Waals surface area contributed by atoms with Crippen LogP contribution in [0, 0.1) is 11.6 Å². The fourth-order valence-electron chi connectivity index (χ4n) is 5.16. The van der Waals surface area contributed by atoms with Gasteiger partial charge in [0, 0.05) is 17.7 Å². The van der Waals surface area contributed by atoms with Gasteiger partial charge in [-0.15, -0.1) is 11.8 Å². The molecule has 4 aromatic carbocycles. The fourth-order valence-corrected chi connectivity index (χ4v) is 6.37. The summed E-state index contributed by atoms with van der Waals surface area (Å²) in [6, 6.07) is 24.4. The maximum atomic E-state index is 13.6. The molecule has 10 nitrogen and oxygen atoms in total. The number of carboxylic acid groups (broad SMARTS) is 1. The lowest BCUT2D eigenvalue weighted by Gasteiger charge is -2.47. The number of carbonyl (C=O) groups excluding carboxylic acids is 4. The van der Waals surface area contributed by atoms with E-state index in [-0.39, 0.29) is 23.9 Å². The van der Waals surface area contributed by atoms with E-state index in [0.717, 1.165) is 17.3 Å². The quantitative estimate of drug-likeness (QED) is 0.124. The Labute approximate surface area is 284 Å². The zero-order valence-electron chi connectivity index (χ0n) is 25.9. The number of aliphatic carboxylic acids is 1. The summed E-state index contributed by atoms with van der Waals surface area (Å²) >= 11 is 1.16. The van der Waals surface area contributed by atoms with E-state index in [1.165, 1.54) is 53.4 Å². The van der Waals surface area contributed by atoms with Crippen molar-refractivity contribution in [3.63, 3.8) is 0 Å². The SMILES string of the molecule is O=C(COc1ccc([C@@H]2[C@@H](SCC(=O)c3ccc(F)cc3)C(=O)N2c2ccc(F)cc2)cc1)NCC(=O)N[C@H](Cc1ccccc1)C(=O)O. The molecular weight excluding hydrogens is 656 g/mol. The second kappa shape index (κ2) is 16.0. The summed E-state index contributed by atoms with van der Waals surface area (Å²) in [7, 11) is 0. The van der Waals surface area contributed by atoms with Crippen molar-refractivity contribution in [3.8, 4) is 5.75 Å². The van der Waals surface area contributed by atoms with Crippen molar-refractivity contribution < 1.29 is 42.6 Å². The van der Waals surface area contributed by atoms with Crippen LogP contribution < -0.4 is 20.3 Å². The summed E-state index contributed by atoms with van der Waals surface area (Å²) in [6.45, 7) is -0.871. The van der Waals surface area contributed by atoms with Gasteiger partial charge in [0.15, 0.2) is 12.4 Å². The molecule has 3 amide bonds. The number of ether oxygens (including phenoxy) is 1. The number of ketones is 1. The molecule has 0 unspecified atom stereocenters.